The second kappa shape index (κ2) is 6.70. The normalized spacial score (nSPS) is 18.4. The Morgan fingerprint density at radius 2 is 2.32 bits per heavy atom. The number of aryl methyl sites for hydroxylation is 1. The van der Waals surface area contributed by atoms with E-state index in [0.29, 0.717) is 11.9 Å². The molecule has 1 saturated heterocycles. The standard InChI is InChI=1S/C16H21N5O/c1-12-13(4-2-6-17-12)10-20-14-5-3-9-21(11-14)15-16(22)19-8-7-18-15/h2,4,6-8,14,20H,3,5,9-11H2,1H3,(H,19,22)/t14-/m1/s1. The second-order valence-electron chi connectivity index (χ2n) is 5.66. The molecule has 2 aromatic heterocycles. The third-order valence-electron chi connectivity index (χ3n) is 4.11. The van der Waals surface area contributed by atoms with E-state index in [1.54, 1.807) is 12.4 Å². The number of aromatic nitrogens is 3. The highest BCUT2D eigenvalue weighted by Crippen LogP contribution is 2.15. The van der Waals surface area contributed by atoms with Gasteiger partial charge in [-0.15, -0.1) is 0 Å². The fraction of sp³-hybridized carbons (Fsp3) is 0.438. The molecule has 0 aliphatic carbocycles. The van der Waals surface area contributed by atoms with Crippen molar-refractivity contribution in [3.05, 3.63) is 52.3 Å². The second-order valence-corrected chi connectivity index (χ2v) is 5.66. The molecule has 0 amide bonds. The molecule has 1 atom stereocenters. The highest BCUT2D eigenvalue weighted by molar-refractivity contribution is 5.36. The van der Waals surface area contributed by atoms with Crippen molar-refractivity contribution in [2.24, 2.45) is 0 Å². The van der Waals surface area contributed by atoms with Gasteiger partial charge < -0.3 is 15.2 Å². The fourth-order valence-electron chi connectivity index (χ4n) is 2.86. The summed E-state index contributed by atoms with van der Waals surface area (Å²) in [6, 6.07) is 4.42. The van der Waals surface area contributed by atoms with E-state index >= 15 is 0 Å². The Bertz CT molecular complexity index is 684. The topological polar surface area (TPSA) is 73.9 Å². The first kappa shape index (κ1) is 14.7. The molecule has 22 heavy (non-hydrogen) atoms. The number of hydrogen-bond acceptors (Lipinski definition) is 5. The van der Waals surface area contributed by atoms with Gasteiger partial charge in [-0.1, -0.05) is 6.07 Å². The monoisotopic (exact) mass is 299 g/mol. The van der Waals surface area contributed by atoms with E-state index in [4.69, 9.17) is 0 Å². The number of anilines is 1. The van der Waals surface area contributed by atoms with Crippen molar-refractivity contribution in [1.29, 1.82) is 0 Å². The Morgan fingerprint density at radius 1 is 1.41 bits per heavy atom. The van der Waals surface area contributed by atoms with Gasteiger partial charge in [0.1, 0.15) is 0 Å². The van der Waals surface area contributed by atoms with Crippen molar-refractivity contribution in [3.8, 4) is 0 Å². The number of hydrogen-bond donors (Lipinski definition) is 2. The van der Waals surface area contributed by atoms with Crippen LogP contribution in [0.2, 0.25) is 0 Å². The largest absolute Gasteiger partial charge is 0.350 e. The van der Waals surface area contributed by atoms with Crippen LogP contribution in [-0.4, -0.2) is 34.1 Å². The predicted molar refractivity (Wildman–Crippen MR) is 85.9 cm³/mol. The van der Waals surface area contributed by atoms with E-state index in [1.165, 1.54) is 5.56 Å². The van der Waals surface area contributed by atoms with Gasteiger partial charge in [-0.05, 0) is 31.4 Å². The lowest BCUT2D eigenvalue weighted by Gasteiger charge is -2.33. The van der Waals surface area contributed by atoms with Crippen molar-refractivity contribution in [1.82, 2.24) is 20.3 Å². The molecule has 0 bridgehead atoms. The SMILES string of the molecule is Cc1ncccc1CN[C@@H]1CCCN(c2ncc[nH]c2=O)C1. The summed E-state index contributed by atoms with van der Waals surface area (Å²) in [5.41, 5.74) is 2.16. The molecule has 0 unspecified atom stereocenters. The molecule has 2 aromatic rings. The molecule has 1 aliphatic heterocycles. The van der Waals surface area contributed by atoms with Gasteiger partial charge in [0.15, 0.2) is 5.82 Å². The van der Waals surface area contributed by atoms with Crippen molar-refractivity contribution < 1.29 is 0 Å². The Kier molecular flexibility index (Phi) is 4.48. The minimum atomic E-state index is -0.119. The predicted octanol–water partition coefficient (Wildman–Crippen LogP) is 1.23. The zero-order valence-electron chi connectivity index (χ0n) is 12.7. The molecular formula is C16H21N5O. The lowest BCUT2D eigenvalue weighted by molar-refractivity contribution is 0.419. The molecule has 6 nitrogen and oxygen atoms in total. The van der Waals surface area contributed by atoms with Crippen LogP contribution < -0.4 is 15.8 Å². The molecular weight excluding hydrogens is 278 g/mol. The van der Waals surface area contributed by atoms with Gasteiger partial charge in [-0.2, -0.15) is 0 Å². The molecule has 3 heterocycles. The summed E-state index contributed by atoms with van der Waals surface area (Å²) in [6.45, 7) is 4.51. The average molecular weight is 299 g/mol. The summed E-state index contributed by atoms with van der Waals surface area (Å²) in [6.07, 6.45) is 7.18. The lowest BCUT2D eigenvalue weighted by Crippen LogP contribution is -2.47. The average Bonchev–Trinajstić information content (AvgIpc) is 2.55. The summed E-state index contributed by atoms with van der Waals surface area (Å²) >= 11 is 0. The number of nitrogens with zero attached hydrogens (tertiary/aromatic N) is 3. The molecule has 0 saturated carbocycles. The number of rotatable bonds is 4. The summed E-state index contributed by atoms with van der Waals surface area (Å²) in [4.78, 5) is 25.1. The number of nitrogens with one attached hydrogen (secondary N) is 2. The van der Waals surface area contributed by atoms with Crippen LogP contribution in [0.1, 0.15) is 24.1 Å². The lowest BCUT2D eigenvalue weighted by atomic mass is 10.1. The number of piperidine rings is 1. The van der Waals surface area contributed by atoms with Crippen LogP contribution in [0.25, 0.3) is 0 Å². The maximum absolute atomic E-state index is 11.9. The van der Waals surface area contributed by atoms with Gasteiger partial charge in [-0.3, -0.25) is 9.78 Å². The van der Waals surface area contributed by atoms with Crippen LogP contribution in [0, 0.1) is 6.92 Å². The highest BCUT2D eigenvalue weighted by Gasteiger charge is 2.22. The minimum Gasteiger partial charge on any atom is -0.350 e. The van der Waals surface area contributed by atoms with E-state index < -0.39 is 0 Å². The fourth-order valence-corrected chi connectivity index (χ4v) is 2.86. The van der Waals surface area contributed by atoms with Crippen molar-refractivity contribution in [2.75, 3.05) is 18.0 Å². The number of H-pyrrole nitrogens is 1. The molecule has 6 heteroatoms. The summed E-state index contributed by atoms with van der Waals surface area (Å²) in [5, 5.41) is 3.58. The van der Waals surface area contributed by atoms with E-state index in [1.807, 2.05) is 19.2 Å². The number of pyridine rings is 1. The molecule has 2 N–H and O–H groups in total. The van der Waals surface area contributed by atoms with Gasteiger partial charge in [0.05, 0.1) is 0 Å². The third-order valence-corrected chi connectivity index (χ3v) is 4.11. The highest BCUT2D eigenvalue weighted by atomic mass is 16.1. The summed E-state index contributed by atoms with van der Waals surface area (Å²) in [5.74, 6) is 0.520. The van der Waals surface area contributed by atoms with Crippen molar-refractivity contribution in [3.63, 3.8) is 0 Å². The first-order chi connectivity index (χ1) is 10.7. The maximum atomic E-state index is 11.9. The van der Waals surface area contributed by atoms with Gasteiger partial charge in [0, 0.05) is 50.0 Å². The van der Waals surface area contributed by atoms with E-state index in [9.17, 15) is 4.79 Å². The minimum absolute atomic E-state index is 0.119. The Morgan fingerprint density at radius 3 is 3.14 bits per heavy atom. The third kappa shape index (κ3) is 3.33. The number of aromatic amines is 1. The quantitative estimate of drug-likeness (QED) is 0.888. The molecule has 1 aliphatic rings. The van der Waals surface area contributed by atoms with Crippen LogP contribution in [-0.2, 0) is 6.54 Å². The zero-order chi connectivity index (χ0) is 15.4. The smallest absolute Gasteiger partial charge is 0.290 e. The maximum Gasteiger partial charge on any atom is 0.290 e. The first-order valence-electron chi connectivity index (χ1n) is 7.66. The van der Waals surface area contributed by atoms with E-state index in [-0.39, 0.29) is 5.56 Å². The zero-order valence-corrected chi connectivity index (χ0v) is 12.7. The van der Waals surface area contributed by atoms with Gasteiger partial charge in [0.2, 0.25) is 0 Å². The molecule has 116 valence electrons. The van der Waals surface area contributed by atoms with Crippen LogP contribution >= 0.6 is 0 Å². The molecule has 0 radical (unpaired) electrons. The van der Waals surface area contributed by atoms with E-state index in [0.717, 1.165) is 38.2 Å². The van der Waals surface area contributed by atoms with E-state index in [2.05, 4.69) is 31.2 Å². The van der Waals surface area contributed by atoms with Crippen molar-refractivity contribution >= 4 is 5.82 Å². The molecule has 0 aromatic carbocycles. The van der Waals surface area contributed by atoms with Crippen LogP contribution in [0.15, 0.2) is 35.5 Å². The van der Waals surface area contributed by atoms with Gasteiger partial charge in [-0.25, -0.2) is 4.98 Å². The molecule has 0 spiro atoms. The Hall–Kier alpha value is -2.21. The van der Waals surface area contributed by atoms with Gasteiger partial charge >= 0.3 is 0 Å². The Labute approximate surface area is 129 Å². The summed E-state index contributed by atoms with van der Waals surface area (Å²) in [7, 11) is 0. The van der Waals surface area contributed by atoms with Crippen LogP contribution in [0.4, 0.5) is 5.82 Å². The van der Waals surface area contributed by atoms with Crippen molar-refractivity contribution in [2.45, 2.75) is 32.4 Å². The van der Waals surface area contributed by atoms with Crippen LogP contribution in [0.5, 0.6) is 0 Å². The van der Waals surface area contributed by atoms with Crippen LogP contribution in [0.3, 0.4) is 0 Å². The first-order valence-corrected chi connectivity index (χ1v) is 7.66. The summed E-state index contributed by atoms with van der Waals surface area (Å²) < 4.78 is 0. The molecule has 1 fully saturated rings. The Balaban J connectivity index is 1.63. The van der Waals surface area contributed by atoms with Gasteiger partial charge in [0.25, 0.3) is 5.56 Å². The molecule has 3 rings (SSSR count).